The van der Waals surface area contributed by atoms with Crippen LogP contribution in [0.1, 0.15) is 312 Å². The molecule has 0 radical (unpaired) electrons. The van der Waals surface area contributed by atoms with Crippen molar-refractivity contribution in [3.8, 4) is 0 Å². The van der Waals surface area contributed by atoms with Gasteiger partial charge in [-0.2, -0.15) is 0 Å². The number of unbranched alkanes of at least 4 members (excludes halogenated alkanes) is 29. The summed E-state index contributed by atoms with van der Waals surface area (Å²) in [6.07, 6.45) is 36.3. The molecule has 0 fully saturated rings. The number of aliphatic hydroxyl groups is 1. The van der Waals surface area contributed by atoms with Crippen molar-refractivity contribution in [1.29, 1.82) is 0 Å². The van der Waals surface area contributed by atoms with Gasteiger partial charge in [-0.15, -0.1) is 0 Å². The number of ether oxygens (including phenoxy) is 4. The highest BCUT2D eigenvalue weighted by atomic mass is 31.2. The molecule has 0 aromatic rings. The monoisotopic (exact) mass is 1230 g/mol. The van der Waals surface area contributed by atoms with Crippen LogP contribution >= 0.6 is 15.6 Å². The van der Waals surface area contributed by atoms with E-state index >= 15 is 0 Å². The summed E-state index contributed by atoms with van der Waals surface area (Å²) in [5, 5.41) is 10.5. The van der Waals surface area contributed by atoms with Gasteiger partial charge in [0.2, 0.25) is 0 Å². The van der Waals surface area contributed by atoms with Crippen LogP contribution in [0.3, 0.4) is 0 Å². The lowest BCUT2D eigenvalue weighted by Gasteiger charge is -2.21. The van der Waals surface area contributed by atoms with Crippen LogP contribution < -0.4 is 0 Å². The molecule has 492 valence electrons. The molecule has 3 N–H and O–H groups in total. The van der Waals surface area contributed by atoms with Crippen molar-refractivity contribution in [2.24, 2.45) is 17.8 Å². The molecule has 0 aliphatic carbocycles. The maximum absolute atomic E-state index is 13.0. The summed E-state index contributed by atoms with van der Waals surface area (Å²) in [6.45, 7) is 11.7. The van der Waals surface area contributed by atoms with Gasteiger partial charge in [-0.05, 0) is 43.4 Å². The summed E-state index contributed by atoms with van der Waals surface area (Å²) in [4.78, 5) is 72.1. The maximum Gasteiger partial charge on any atom is 0.472 e. The van der Waals surface area contributed by atoms with Crippen LogP contribution in [0.15, 0.2) is 0 Å². The smallest absolute Gasteiger partial charge is 0.462 e. The van der Waals surface area contributed by atoms with Crippen molar-refractivity contribution in [2.45, 2.75) is 330 Å². The molecular weight excluding hydrogens is 1100 g/mol. The van der Waals surface area contributed by atoms with Gasteiger partial charge in [-0.3, -0.25) is 37.3 Å². The number of esters is 4. The largest absolute Gasteiger partial charge is 0.472 e. The standard InChI is InChI=1S/C64H124O17P2/c1-8-10-11-12-21-31-38-45-61(66)74-51-59(81-64(69)48-41-34-27-19-17-23-29-36-43-56(5)6)53-78-82(70,71)76-49-58(65)50-77-83(72,73)79-54-60(52-75-62(67)46-39-32-25-20-18-24-30-37-44-57(7)9-2)80-63(68)47-40-33-26-16-14-13-15-22-28-35-42-55(3)4/h55-60,65H,8-54H2,1-7H3,(H,70,71)(H,72,73)/t57?,58-,59+,60+/m0/s1. The van der Waals surface area contributed by atoms with E-state index in [4.69, 9.17) is 37.0 Å². The zero-order valence-corrected chi connectivity index (χ0v) is 55.4. The highest BCUT2D eigenvalue weighted by Gasteiger charge is 2.30. The molecule has 0 aliphatic heterocycles. The first-order chi connectivity index (χ1) is 39.8. The Hall–Kier alpha value is -1.94. The van der Waals surface area contributed by atoms with Gasteiger partial charge in [0, 0.05) is 25.7 Å². The first kappa shape index (κ1) is 81.1. The van der Waals surface area contributed by atoms with Gasteiger partial charge < -0.3 is 33.8 Å². The number of rotatable bonds is 62. The number of hydrogen-bond acceptors (Lipinski definition) is 15. The van der Waals surface area contributed by atoms with E-state index in [1.54, 1.807) is 0 Å². The minimum atomic E-state index is -4.95. The van der Waals surface area contributed by atoms with Crippen LogP contribution in [-0.4, -0.2) is 96.7 Å². The lowest BCUT2D eigenvalue weighted by molar-refractivity contribution is -0.161. The summed E-state index contributed by atoms with van der Waals surface area (Å²) in [7, 11) is -9.89. The highest BCUT2D eigenvalue weighted by Crippen LogP contribution is 2.45. The number of aliphatic hydroxyl groups excluding tert-OH is 1. The summed E-state index contributed by atoms with van der Waals surface area (Å²) in [6, 6.07) is 0. The van der Waals surface area contributed by atoms with Crippen LogP contribution in [-0.2, 0) is 65.4 Å². The van der Waals surface area contributed by atoms with Gasteiger partial charge in [0.1, 0.15) is 19.3 Å². The van der Waals surface area contributed by atoms with E-state index in [2.05, 4.69) is 48.5 Å². The Morgan fingerprint density at radius 1 is 0.349 bits per heavy atom. The third kappa shape index (κ3) is 57.6. The van der Waals surface area contributed by atoms with Crippen LogP contribution in [0.5, 0.6) is 0 Å². The second-order valence-corrected chi connectivity index (χ2v) is 27.3. The molecule has 0 rings (SSSR count). The van der Waals surface area contributed by atoms with Gasteiger partial charge >= 0.3 is 39.5 Å². The van der Waals surface area contributed by atoms with Crippen molar-refractivity contribution in [3.05, 3.63) is 0 Å². The lowest BCUT2D eigenvalue weighted by Crippen LogP contribution is -2.30. The van der Waals surface area contributed by atoms with E-state index < -0.39 is 97.5 Å². The lowest BCUT2D eigenvalue weighted by atomic mass is 9.99. The fourth-order valence-corrected chi connectivity index (χ4v) is 11.0. The SMILES string of the molecule is CCCCCCCCCC(=O)OC[C@H](COP(=O)(O)OC[C@H](O)COP(=O)(O)OC[C@@H](COC(=O)CCCCCCCCCCC(C)CC)OC(=O)CCCCCCCCCCCCC(C)C)OC(=O)CCCCCCCCCCC(C)C. The Kier molecular flexibility index (Phi) is 54.1. The number of carbonyl (C=O) groups excluding carboxylic acids is 4. The van der Waals surface area contributed by atoms with Gasteiger partial charge in [0.15, 0.2) is 12.2 Å². The Morgan fingerprint density at radius 2 is 0.614 bits per heavy atom. The van der Waals surface area contributed by atoms with Crippen LogP contribution in [0, 0.1) is 17.8 Å². The van der Waals surface area contributed by atoms with E-state index in [-0.39, 0.29) is 25.7 Å². The van der Waals surface area contributed by atoms with Gasteiger partial charge in [0.05, 0.1) is 26.4 Å². The zero-order chi connectivity index (χ0) is 61.7. The molecule has 0 aliphatic rings. The summed E-state index contributed by atoms with van der Waals surface area (Å²) in [5.74, 6) is 0.107. The molecular formula is C64H124O17P2. The zero-order valence-electron chi connectivity index (χ0n) is 53.6. The van der Waals surface area contributed by atoms with E-state index in [1.165, 1.54) is 109 Å². The Balaban J connectivity index is 5.23. The van der Waals surface area contributed by atoms with Crippen molar-refractivity contribution in [3.63, 3.8) is 0 Å². The fraction of sp³-hybridized carbons (Fsp3) is 0.938. The van der Waals surface area contributed by atoms with Crippen molar-refractivity contribution in [1.82, 2.24) is 0 Å². The molecule has 0 spiro atoms. The van der Waals surface area contributed by atoms with E-state index in [0.717, 1.165) is 120 Å². The molecule has 0 saturated carbocycles. The molecule has 17 nitrogen and oxygen atoms in total. The fourth-order valence-electron chi connectivity index (χ4n) is 9.45. The summed E-state index contributed by atoms with van der Waals surface area (Å²) >= 11 is 0. The normalized spacial score (nSPS) is 14.7. The highest BCUT2D eigenvalue weighted by molar-refractivity contribution is 7.47. The van der Waals surface area contributed by atoms with Crippen molar-refractivity contribution in [2.75, 3.05) is 39.6 Å². The molecule has 0 bridgehead atoms. The molecule has 19 heteroatoms. The second-order valence-electron chi connectivity index (χ2n) is 24.3. The van der Waals surface area contributed by atoms with Crippen LogP contribution in [0.2, 0.25) is 0 Å². The van der Waals surface area contributed by atoms with Gasteiger partial charge in [0.25, 0.3) is 0 Å². The molecule has 0 aromatic carbocycles. The Bertz CT molecular complexity index is 1650. The molecule has 0 amide bonds. The molecule has 83 heavy (non-hydrogen) atoms. The number of hydrogen-bond donors (Lipinski definition) is 3. The summed E-state index contributed by atoms with van der Waals surface area (Å²) < 4.78 is 67.9. The van der Waals surface area contributed by atoms with Crippen LogP contribution in [0.4, 0.5) is 0 Å². The predicted octanol–water partition coefficient (Wildman–Crippen LogP) is 17.5. The van der Waals surface area contributed by atoms with E-state index in [0.29, 0.717) is 25.7 Å². The third-order valence-corrected chi connectivity index (χ3v) is 16.9. The van der Waals surface area contributed by atoms with Crippen molar-refractivity contribution >= 4 is 39.5 Å². The van der Waals surface area contributed by atoms with Gasteiger partial charge in [-0.1, -0.05) is 260 Å². The average molecular weight is 1230 g/mol. The minimum Gasteiger partial charge on any atom is -0.462 e. The first-order valence-corrected chi connectivity index (χ1v) is 36.4. The topological polar surface area (TPSA) is 237 Å². The molecule has 6 atom stereocenters. The third-order valence-electron chi connectivity index (χ3n) is 15.0. The average Bonchev–Trinajstić information content (AvgIpc) is 3.45. The van der Waals surface area contributed by atoms with E-state index in [9.17, 15) is 43.2 Å². The number of phosphoric acid groups is 2. The molecule has 0 aromatic heterocycles. The number of phosphoric ester groups is 2. The molecule has 0 heterocycles. The maximum atomic E-state index is 13.0. The van der Waals surface area contributed by atoms with Crippen LogP contribution in [0.25, 0.3) is 0 Å². The van der Waals surface area contributed by atoms with Crippen molar-refractivity contribution < 1.29 is 80.2 Å². The predicted molar refractivity (Wildman–Crippen MR) is 331 cm³/mol. The molecule has 0 saturated heterocycles. The summed E-state index contributed by atoms with van der Waals surface area (Å²) in [5.41, 5.74) is 0. The first-order valence-electron chi connectivity index (χ1n) is 33.4. The number of carbonyl (C=O) groups is 4. The quantitative estimate of drug-likeness (QED) is 0.0222. The Labute approximate surface area is 505 Å². The van der Waals surface area contributed by atoms with E-state index in [1.807, 2.05) is 0 Å². The Morgan fingerprint density at radius 3 is 0.916 bits per heavy atom. The second kappa shape index (κ2) is 55.4. The van der Waals surface area contributed by atoms with Gasteiger partial charge in [-0.25, -0.2) is 9.13 Å². The minimum absolute atomic E-state index is 0.104. The molecule has 3 unspecified atom stereocenters.